The highest BCUT2D eigenvalue weighted by Gasteiger charge is 2.18. The summed E-state index contributed by atoms with van der Waals surface area (Å²) < 4.78 is 17.6. The largest absolute Gasteiger partial charge is 0.394 e. The molecule has 12 heteroatoms. The summed E-state index contributed by atoms with van der Waals surface area (Å²) in [6, 6.07) is 0. The molecule has 0 aliphatic heterocycles. The molecule has 0 aliphatic rings. The number of aliphatic hydroxyl groups is 1. The number of fused-ring (bicyclic) bond motifs is 1. The monoisotopic (exact) mass is 333 g/mol. The maximum atomic E-state index is 11.6. The van der Waals surface area contributed by atoms with Gasteiger partial charge in [0.1, 0.15) is 6.73 Å². The second kappa shape index (κ2) is 6.55. The van der Waals surface area contributed by atoms with Crippen molar-refractivity contribution in [3.05, 3.63) is 16.7 Å². The summed E-state index contributed by atoms with van der Waals surface area (Å²) in [4.78, 5) is 39.4. The van der Waals surface area contributed by atoms with Gasteiger partial charge in [-0.25, -0.2) is 4.98 Å². The molecule has 1 atom stereocenters. The van der Waals surface area contributed by atoms with Crippen LogP contribution in [0.2, 0.25) is 0 Å². The first-order chi connectivity index (χ1) is 10.3. The zero-order valence-electron chi connectivity index (χ0n) is 11.4. The molecular weight excluding hydrogens is 317 g/mol. The summed E-state index contributed by atoms with van der Waals surface area (Å²) in [5, 5.41) is 9.16. The van der Waals surface area contributed by atoms with Gasteiger partial charge in [0.25, 0.3) is 5.56 Å². The number of ether oxygens (including phenoxy) is 1. The van der Waals surface area contributed by atoms with Crippen LogP contribution in [0.4, 0.5) is 5.95 Å². The highest BCUT2D eigenvalue weighted by molar-refractivity contribution is 7.51. The fourth-order valence-electron chi connectivity index (χ4n) is 1.79. The number of aliphatic hydroxyl groups excluding tert-OH is 1. The van der Waals surface area contributed by atoms with E-state index >= 15 is 0 Å². The molecule has 0 saturated heterocycles. The second-order valence-corrected chi connectivity index (χ2v) is 6.39. The molecule has 22 heavy (non-hydrogen) atoms. The van der Waals surface area contributed by atoms with Crippen LogP contribution in [0.15, 0.2) is 11.1 Å². The van der Waals surface area contributed by atoms with E-state index in [9.17, 15) is 9.36 Å². The van der Waals surface area contributed by atoms with E-state index in [1.807, 2.05) is 0 Å². The van der Waals surface area contributed by atoms with Crippen molar-refractivity contribution in [2.24, 2.45) is 0 Å². The predicted octanol–water partition coefficient (Wildman–Crippen LogP) is -1.40. The van der Waals surface area contributed by atoms with Crippen LogP contribution in [0, 0.1) is 0 Å². The van der Waals surface area contributed by atoms with Gasteiger partial charge in [-0.15, -0.1) is 0 Å². The summed E-state index contributed by atoms with van der Waals surface area (Å²) >= 11 is 0. The first kappa shape index (κ1) is 16.6. The van der Waals surface area contributed by atoms with Crippen molar-refractivity contribution in [2.45, 2.75) is 19.3 Å². The van der Waals surface area contributed by atoms with Gasteiger partial charge in [0.2, 0.25) is 5.95 Å². The Labute approximate surface area is 123 Å². The molecule has 0 amide bonds. The molecule has 0 spiro atoms. The number of rotatable bonds is 7. The summed E-state index contributed by atoms with van der Waals surface area (Å²) in [5.41, 5.74) is 5.28. The number of aromatic nitrogens is 4. The fraction of sp³-hybridized carbons (Fsp3) is 0.500. The first-order valence-electron chi connectivity index (χ1n) is 6.28. The molecule has 6 N–H and O–H groups in total. The molecule has 11 nitrogen and oxygen atoms in total. The quantitative estimate of drug-likeness (QED) is 0.381. The number of H-pyrrole nitrogens is 1. The molecule has 0 aliphatic carbocycles. The minimum absolute atomic E-state index is 0.0104. The molecule has 2 aromatic heterocycles. The molecule has 2 aromatic rings. The molecule has 0 aromatic carbocycles. The standard InChI is InChI=1S/C10H16N5O6P/c11-10-13-8-7(9(17)14-10)12-4-15(8)5-21-6(3-16)1-2-22(18,19)20/h4,6,16H,1-3,5H2,(H2,18,19,20)(H3,11,13,14,17)/t6-/m1/s1. The van der Waals surface area contributed by atoms with E-state index in [0.717, 1.165) is 0 Å². The summed E-state index contributed by atoms with van der Waals surface area (Å²) in [7, 11) is -4.15. The Morgan fingerprint density at radius 3 is 2.86 bits per heavy atom. The average molecular weight is 333 g/mol. The molecular formula is C10H16N5O6P. The van der Waals surface area contributed by atoms with Crippen molar-refractivity contribution < 1.29 is 24.2 Å². The van der Waals surface area contributed by atoms with Gasteiger partial charge in [-0.05, 0) is 6.42 Å². The summed E-state index contributed by atoms with van der Waals surface area (Å²) in [6.07, 6.45) is 0.158. The maximum absolute atomic E-state index is 11.6. The van der Waals surface area contributed by atoms with Crippen LogP contribution in [0.1, 0.15) is 6.42 Å². The van der Waals surface area contributed by atoms with E-state index in [2.05, 4.69) is 15.0 Å². The molecule has 0 radical (unpaired) electrons. The number of nitrogens with zero attached hydrogens (tertiary/aromatic N) is 3. The van der Waals surface area contributed by atoms with E-state index in [-0.39, 0.29) is 30.3 Å². The molecule has 0 bridgehead atoms. The van der Waals surface area contributed by atoms with Gasteiger partial charge >= 0.3 is 7.60 Å². The lowest BCUT2D eigenvalue weighted by atomic mass is 10.3. The highest BCUT2D eigenvalue weighted by Crippen LogP contribution is 2.35. The van der Waals surface area contributed by atoms with Crippen molar-refractivity contribution in [1.29, 1.82) is 0 Å². The van der Waals surface area contributed by atoms with Crippen molar-refractivity contribution in [1.82, 2.24) is 19.5 Å². The van der Waals surface area contributed by atoms with E-state index < -0.39 is 32.0 Å². The van der Waals surface area contributed by atoms with Crippen LogP contribution in [-0.2, 0) is 16.0 Å². The van der Waals surface area contributed by atoms with E-state index in [0.29, 0.717) is 0 Å². The molecule has 2 rings (SSSR count). The molecule has 0 saturated carbocycles. The lowest BCUT2D eigenvalue weighted by Crippen LogP contribution is -2.21. The van der Waals surface area contributed by atoms with E-state index in [4.69, 9.17) is 25.4 Å². The number of nitrogen functional groups attached to an aromatic ring is 1. The van der Waals surface area contributed by atoms with Crippen molar-refractivity contribution in [2.75, 3.05) is 18.5 Å². The molecule has 0 unspecified atom stereocenters. The SMILES string of the molecule is Nc1nc2c(ncn2CO[C@@H](CO)CCP(=O)(O)O)c(=O)[nH]1. The highest BCUT2D eigenvalue weighted by atomic mass is 31.2. The Bertz CT molecular complexity index is 752. The number of aromatic amines is 1. The molecule has 0 fully saturated rings. The van der Waals surface area contributed by atoms with Crippen LogP contribution in [0.5, 0.6) is 0 Å². The molecule has 122 valence electrons. The number of hydrogen-bond acceptors (Lipinski definition) is 7. The van der Waals surface area contributed by atoms with E-state index in [1.165, 1.54) is 10.9 Å². The van der Waals surface area contributed by atoms with Crippen molar-refractivity contribution in [3.63, 3.8) is 0 Å². The number of hydrogen-bond donors (Lipinski definition) is 5. The Kier molecular flexibility index (Phi) is 4.94. The van der Waals surface area contributed by atoms with Gasteiger partial charge in [0, 0.05) is 0 Å². The van der Waals surface area contributed by atoms with Gasteiger partial charge in [-0.3, -0.25) is 18.9 Å². The van der Waals surface area contributed by atoms with Crippen LogP contribution >= 0.6 is 7.60 Å². The third-order valence-corrected chi connectivity index (χ3v) is 3.73. The summed E-state index contributed by atoms with van der Waals surface area (Å²) in [5.74, 6) is -0.0699. The topological polar surface area (TPSA) is 177 Å². The Balaban J connectivity index is 2.07. The second-order valence-electron chi connectivity index (χ2n) is 4.62. The third kappa shape index (κ3) is 4.12. The Hall–Kier alpha value is -1.78. The number of nitrogens with one attached hydrogen (secondary N) is 1. The smallest absolute Gasteiger partial charge is 0.325 e. The van der Waals surface area contributed by atoms with Crippen LogP contribution < -0.4 is 11.3 Å². The van der Waals surface area contributed by atoms with Gasteiger partial charge < -0.3 is 25.4 Å². The van der Waals surface area contributed by atoms with Gasteiger partial charge in [0.05, 0.1) is 25.2 Å². The van der Waals surface area contributed by atoms with Gasteiger partial charge in [0.15, 0.2) is 11.2 Å². The lowest BCUT2D eigenvalue weighted by Gasteiger charge is -2.16. The Morgan fingerprint density at radius 1 is 1.50 bits per heavy atom. The number of imidazole rings is 1. The zero-order chi connectivity index (χ0) is 16.3. The van der Waals surface area contributed by atoms with Crippen LogP contribution in [0.3, 0.4) is 0 Å². The van der Waals surface area contributed by atoms with Crippen molar-refractivity contribution in [3.8, 4) is 0 Å². The predicted molar refractivity (Wildman–Crippen MR) is 76.0 cm³/mol. The maximum Gasteiger partial charge on any atom is 0.325 e. The normalized spacial score (nSPS) is 13.6. The van der Waals surface area contributed by atoms with Crippen LogP contribution in [-0.4, -0.2) is 53.3 Å². The lowest BCUT2D eigenvalue weighted by molar-refractivity contribution is -0.0239. The van der Waals surface area contributed by atoms with Crippen molar-refractivity contribution >= 4 is 24.7 Å². The number of anilines is 1. The zero-order valence-corrected chi connectivity index (χ0v) is 12.3. The Morgan fingerprint density at radius 2 is 2.23 bits per heavy atom. The van der Waals surface area contributed by atoms with Gasteiger partial charge in [-0.1, -0.05) is 0 Å². The average Bonchev–Trinajstić information content (AvgIpc) is 2.81. The van der Waals surface area contributed by atoms with E-state index in [1.54, 1.807) is 0 Å². The fourth-order valence-corrected chi connectivity index (χ4v) is 2.41. The first-order valence-corrected chi connectivity index (χ1v) is 8.07. The minimum Gasteiger partial charge on any atom is -0.394 e. The summed E-state index contributed by atoms with van der Waals surface area (Å²) in [6.45, 7) is -0.498. The molecule has 2 heterocycles. The minimum atomic E-state index is -4.15. The third-order valence-electron chi connectivity index (χ3n) is 2.89. The van der Waals surface area contributed by atoms with Crippen LogP contribution in [0.25, 0.3) is 11.2 Å². The van der Waals surface area contributed by atoms with Gasteiger partial charge in [-0.2, -0.15) is 4.98 Å². The number of nitrogens with two attached hydrogens (primary N) is 1.